The number of hydrogen-bond donors (Lipinski definition) is 1. The number of benzene rings is 2. The van der Waals surface area contributed by atoms with Crippen molar-refractivity contribution in [3.63, 3.8) is 0 Å². The van der Waals surface area contributed by atoms with Crippen LogP contribution in [-0.2, 0) is 17.9 Å². The van der Waals surface area contributed by atoms with Gasteiger partial charge in [-0.25, -0.2) is 4.39 Å². The van der Waals surface area contributed by atoms with Crippen molar-refractivity contribution >= 4 is 11.6 Å². The SMILES string of the molecule is COc1cc(CNCCCOC(C)C)cc(Cl)c1OCc1ccc(F)cc1. The Balaban J connectivity index is 1.90. The van der Waals surface area contributed by atoms with Crippen LogP contribution in [0.15, 0.2) is 36.4 Å². The fraction of sp³-hybridized carbons (Fsp3) is 0.429. The molecule has 0 unspecified atom stereocenters. The van der Waals surface area contributed by atoms with Gasteiger partial charge in [0.15, 0.2) is 11.5 Å². The molecule has 0 atom stereocenters. The van der Waals surface area contributed by atoms with Crippen molar-refractivity contribution in [1.82, 2.24) is 5.32 Å². The Morgan fingerprint density at radius 1 is 1.11 bits per heavy atom. The highest BCUT2D eigenvalue weighted by molar-refractivity contribution is 6.32. The first kappa shape index (κ1) is 21.5. The van der Waals surface area contributed by atoms with Crippen LogP contribution in [0, 0.1) is 5.82 Å². The fourth-order valence-electron chi connectivity index (χ4n) is 2.50. The summed E-state index contributed by atoms with van der Waals surface area (Å²) in [5.41, 5.74) is 1.86. The average Bonchev–Trinajstić information content (AvgIpc) is 2.64. The smallest absolute Gasteiger partial charge is 0.180 e. The monoisotopic (exact) mass is 395 g/mol. The predicted molar refractivity (Wildman–Crippen MR) is 106 cm³/mol. The number of ether oxygens (including phenoxy) is 3. The maximum atomic E-state index is 13.0. The molecule has 0 spiro atoms. The first-order valence-electron chi connectivity index (χ1n) is 9.05. The van der Waals surface area contributed by atoms with Crippen LogP contribution in [0.5, 0.6) is 11.5 Å². The normalized spacial score (nSPS) is 11.0. The molecular formula is C21H27ClFNO3. The van der Waals surface area contributed by atoms with Crippen molar-refractivity contribution in [1.29, 1.82) is 0 Å². The third kappa shape index (κ3) is 7.37. The van der Waals surface area contributed by atoms with Crippen LogP contribution in [0.4, 0.5) is 4.39 Å². The van der Waals surface area contributed by atoms with Crippen LogP contribution in [-0.4, -0.2) is 26.4 Å². The minimum Gasteiger partial charge on any atom is -0.493 e. The highest BCUT2D eigenvalue weighted by Crippen LogP contribution is 2.37. The van der Waals surface area contributed by atoms with Crippen LogP contribution in [0.25, 0.3) is 0 Å². The molecule has 148 valence electrons. The van der Waals surface area contributed by atoms with E-state index in [0.717, 1.165) is 30.7 Å². The predicted octanol–water partition coefficient (Wildman–Crippen LogP) is 4.97. The number of nitrogens with one attached hydrogen (secondary N) is 1. The molecule has 0 saturated carbocycles. The first-order valence-corrected chi connectivity index (χ1v) is 9.43. The van der Waals surface area contributed by atoms with Gasteiger partial charge in [0, 0.05) is 13.2 Å². The van der Waals surface area contributed by atoms with Crippen LogP contribution >= 0.6 is 11.6 Å². The van der Waals surface area contributed by atoms with Gasteiger partial charge in [-0.1, -0.05) is 23.7 Å². The van der Waals surface area contributed by atoms with Gasteiger partial charge in [0.05, 0.1) is 18.2 Å². The van der Waals surface area contributed by atoms with Gasteiger partial charge in [-0.3, -0.25) is 0 Å². The lowest BCUT2D eigenvalue weighted by atomic mass is 10.2. The molecule has 4 nitrogen and oxygen atoms in total. The van der Waals surface area contributed by atoms with Gasteiger partial charge in [0.1, 0.15) is 12.4 Å². The summed E-state index contributed by atoms with van der Waals surface area (Å²) >= 11 is 6.39. The lowest BCUT2D eigenvalue weighted by Crippen LogP contribution is -2.17. The molecule has 0 aliphatic rings. The fourth-order valence-corrected chi connectivity index (χ4v) is 2.79. The highest BCUT2D eigenvalue weighted by atomic mass is 35.5. The minimum atomic E-state index is -0.276. The molecule has 0 amide bonds. The Bertz CT molecular complexity index is 707. The zero-order valence-electron chi connectivity index (χ0n) is 16.1. The zero-order valence-corrected chi connectivity index (χ0v) is 16.8. The number of methoxy groups -OCH3 is 1. The van der Waals surface area contributed by atoms with Gasteiger partial charge in [-0.15, -0.1) is 0 Å². The number of rotatable bonds is 11. The summed E-state index contributed by atoms with van der Waals surface area (Å²) in [6.45, 7) is 6.61. The number of hydrogen-bond acceptors (Lipinski definition) is 4. The molecule has 0 radical (unpaired) electrons. The Morgan fingerprint density at radius 3 is 2.52 bits per heavy atom. The van der Waals surface area contributed by atoms with Gasteiger partial charge in [0.25, 0.3) is 0 Å². The van der Waals surface area contributed by atoms with Crippen molar-refractivity contribution in [2.75, 3.05) is 20.3 Å². The van der Waals surface area contributed by atoms with Gasteiger partial charge >= 0.3 is 0 Å². The van der Waals surface area contributed by atoms with Crippen molar-refractivity contribution in [3.8, 4) is 11.5 Å². The molecular weight excluding hydrogens is 369 g/mol. The molecule has 2 aromatic carbocycles. The van der Waals surface area contributed by atoms with E-state index in [1.807, 2.05) is 26.0 Å². The van der Waals surface area contributed by atoms with Crippen molar-refractivity contribution < 1.29 is 18.6 Å². The summed E-state index contributed by atoms with van der Waals surface area (Å²) in [5, 5.41) is 3.85. The molecule has 0 aliphatic heterocycles. The van der Waals surface area contributed by atoms with E-state index in [0.29, 0.717) is 23.1 Å². The second-order valence-electron chi connectivity index (χ2n) is 6.47. The molecule has 1 N–H and O–H groups in total. The molecule has 0 heterocycles. The van der Waals surface area contributed by atoms with E-state index in [2.05, 4.69) is 5.32 Å². The van der Waals surface area contributed by atoms with Crippen molar-refractivity contribution in [2.45, 2.75) is 39.5 Å². The van der Waals surface area contributed by atoms with Gasteiger partial charge in [-0.2, -0.15) is 0 Å². The quantitative estimate of drug-likeness (QED) is 0.545. The molecule has 0 bridgehead atoms. The first-order chi connectivity index (χ1) is 13.0. The summed E-state index contributed by atoms with van der Waals surface area (Å²) < 4.78 is 29.7. The van der Waals surface area contributed by atoms with Crippen LogP contribution in [0.2, 0.25) is 5.02 Å². The maximum Gasteiger partial charge on any atom is 0.180 e. The third-order valence-electron chi connectivity index (χ3n) is 3.86. The minimum absolute atomic E-state index is 0.260. The lowest BCUT2D eigenvalue weighted by molar-refractivity contribution is 0.0770. The molecule has 2 rings (SSSR count). The average molecular weight is 396 g/mol. The Morgan fingerprint density at radius 2 is 1.85 bits per heavy atom. The molecule has 0 aromatic heterocycles. The Kier molecular flexibility index (Phi) is 8.85. The standard InChI is InChI=1S/C21H27ClFNO3/c1-15(2)26-10-4-9-24-13-17-11-19(22)21(20(12-17)25-3)27-14-16-5-7-18(23)8-6-16/h5-8,11-12,15,24H,4,9-10,13-14H2,1-3H3. The largest absolute Gasteiger partial charge is 0.493 e. The highest BCUT2D eigenvalue weighted by Gasteiger charge is 2.12. The van der Waals surface area contributed by atoms with Gasteiger partial charge < -0.3 is 19.5 Å². The molecule has 0 saturated heterocycles. The van der Waals surface area contributed by atoms with Crippen LogP contribution < -0.4 is 14.8 Å². The van der Waals surface area contributed by atoms with Gasteiger partial charge in [0.2, 0.25) is 0 Å². The van der Waals surface area contributed by atoms with Crippen LogP contribution in [0.3, 0.4) is 0 Å². The summed E-state index contributed by atoms with van der Waals surface area (Å²) in [5.74, 6) is 0.782. The topological polar surface area (TPSA) is 39.7 Å². The van der Waals surface area contributed by atoms with Crippen LogP contribution in [0.1, 0.15) is 31.4 Å². The Hall–Kier alpha value is -1.82. The summed E-state index contributed by atoms with van der Waals surface area (Å²) in [6, 6.07) is 9.93. The van der Waals surface area contributed by atoms with E-state index < -0.39 is 0 Å². The third-order valence-corrected chi connectivity index (χ3v) is 4.14. The van der Waals surface area contributed by atoms with E-state index in [4.69, 9.17) is 25.8 Å². The summed E-state index contributed by atoms with van der Waals surface area (Å²) in [7, 11) is 1.58. The zero-order chi connectivity index (χ0) is 19.6. The number of halogens is 2. The van der Waals surface area contributed by atoms with E-state index in [1.54, 1.807) is 19.2 Å². The van der Waals surface area contributed by atoms with E-state index in [1.165, 1.54) is 12.1 Å². The molecule has 27 heavy (non-hydrogen) atoms. The molecule has 0 aliphatic carbocycles. The molecule has 6 heteroatoms. The van der Waals surface area contributed by atoms with E-state index >= 15 is 0 Å². The second-order valence-corrected chi connectivity index (χ2v) is 6.88. The molecule has 2 aromatic rings. The maximum absolute atomic E-state index is 13.0. The van der Waals surface area contributed by atoms with Gasteiger partial charge in [-0.05, 0) is 62.2 Å². The van der Waals surface area contributed by atoms with Crippen molar-refractivity contribution in [2.24, 2.45) is 0 Å². The van der Waals surface area contributed by atoms with E-state index in [9.17, 15) is 4.39 Å². The Labute approximate surface area is 165 Å². The van der Waals surface area contributed by atoms with E-state index in [-0.39, 0.29) is 18.5 Å². The van der Waals surface area contributed by atoms with Crippen molar-refractivity contribution in [3.05, 3.63) is 58.4 Å². The second kappa shape index (κ2) is 11.1. The lowest BCUT2D eigenvalue weighted by Gasteiger charge is -2.15. The summed E-state index contributed by atoms with van der Waals surface area (Å²) in [6.07, 6.45) is 1.21. The molecule has 0 fully saturated rings. The summed E-state index contributed by atoms with van der Waals surface area (Å²) in [4.78, 5) is 0.